The highest BCUT2D eigenvalue weighted by Gasteiger charge is 2.16. The Morgan fingerprint density at radius 3 is 2.10 bits per heavy atom. The summed E-state index contributed by atoms with van der Waals surface area (Å²) in [5.74, 6) is -1.47. The van der Waals surface area contributed by atoms with Gasteiger partial charge in [-0.05, 0) is 18.2 Å². The van der Waals surface area contributed by atoms with E-state index >= 15 is 0 Å². The van der Waals surface area contributed by atoms with Crippen LogP contribution in [-0.2, 0) is 10.0 Å². The smallest absolute Gasteiger partial charge is 0.335 e. The van der Waals surface area contributed by atoms with Gasteiger partial charge in [-0.1, -0.05) is 12.1 Å². The maximum atomic E-state index is 12.1. The summed E-state index contributed by atoms with van der Waals surface area (Å²) in [5.41, 5.74) is 0.343. The highest BCUT2D eigenvalue weighted by Crippen LogP contribution is 2.21. The number of carboxylic acid groups (broad SMARTS) is 1. The number of hydrogen-bond donors (Lipinski definition) is 2. The van der Waals surface area contributed by atoms with Gasteiger partial charge in [-0.25, -0.2) is 18.4 Å². The Labute approximate surface area is 118 Å². The Balaban J connectivity index is 2.32. The quantitative estimate of drug-likeness (QED) is 0.826. The fourth-order valence-electron chi connectivity index (χ4n) is 1.49. The van der Waals surface area contributed by atoms with Crippen LogP contribution in [0.4, 0.5) is 0 Å². The number of thiophene rings is 1. The number of carbonyl (C=O) groups is 2. The van der Waals surface area contributed by atoms with E-state index in [4.69, 9.17) is 10.2 Å². The number of primary sulfonamides is 1. The molecule has 0 aliphatic carbocycles. The molecule has 1 heterocycles. The zero-order valence-electron chi connectivity index (χ0n) is 9.94. The van der Waals surface area contributed by atoms with Crippen LogP contribution in [0.1, 0.15) is 25.6 Å². The van der Waals surface area contributed by atoms with Crippen molar-refractivity contribution in [1.82, 2.24) is 0 Å². The van der Waals surface area contributed by atoms with E-state index in [9.17, 15) is 18.0 Å². The maximum Gasteiger partial charge on any atom is 0.335 e. The standard InChI is InChI=1S/C12H9NO5S2/c13-20(17,18)9-5-10(19-6-9)11(14)7-1-3-8(4-2-7)12(15)16/h1-6H,(H,15,16)(H2,13,17,18). The zero-order valence-corrected chi connectivity index (χ0v) is 11.6. The van der Waals surface area contributed by atoms with Crippen LogP contribution in [0.2, 0.25) is 0 Å². The molecule has 20 heavy (non-hydrogen) atoms. The maximum absolute atomic E-state index is 12.1. The summed E-state index contributed by atoms with van der Waals surface area (Å²) in [4.78, 5) is 22.9. The second-order valence-corrected chi connectivity index (χ2v) is 6.38. The summed E-state index contributed by atoms with van der Waals surface area (Å²) in [6, 6.07) is 6.57. The lowest BCUT2D eigenvalue weighted by atomic mass is 10.1. The lowest BCUT2D eigenvalue weighted by Gasteiger charge is -1.99. The summed E-state index contributed by atoms with van der Waals surface area (Å²) in [6.07, 6.45) is 0. The molecule has 0 spiro atoms. The van der Waals surface area contributed by atoms with Crippen molar-refractivity contribution in [3.05, 3.63) is 51.7 Å². The van der Waals surface area contributed by atoms with Crippen LogP contribution >= 0.6 is 11.3 Å². The van der Waals surface area contributed by atoms with Crippen LogP contribution in [0.3, 0.4) is 0 Å². The number of carbonyl (C=O) groups excluding carboxylic acids is 1. The van der Waals surface area contributed by atoms with Gasteiger partial charge in [-0.2, -0.15) is 0 Å². The van der Waals surface area contributed by atoms with Gasteiger partial charge in [-0.15, -0.1) is 11.3 Å². The van der Waals surface area contributed by atoms with Crippen molar-refractivity contribution in [2.24, 2.45) is 5.14 Å². The second-order valence-electron chi connectivity index (χ2n) is 3.90. The van der Waals surface area contributed by atoms with Crippen molar-refractivity contribution in [3.8, 4) is 0 Å². The average Bonchev–Trinajstić information content (AvgIpc) is 2.87. The van der Waals surface area contributed by atoms with Gasteiger partial charge in [0.05, 0.1) is 15.3 Å². The molecular weight excluding hydrogens is 302 g/mol. The Morgan fingerprint density at radius 2 is 1.65 bits per heavy atom. The largest absolute Gasteiger partial charge is 0.478 e. The molecule has 0 radical (unpaired) electrons. The second kappa shape index (κ2) is 5.16. The van der Waals surface area contributed by atoms with Crippen LogP contribution in [0.15, 0.2) is 40.6 Å². The van der Waals surface area contributed by atoms with Crippen LogP contribution < -0.4 is 5.14 Å². The van der Waals surface area contributed by atoms with Gasteiger partial charge < -0.3 is 5.11 Å². The van der Waals surface area contributed by atoms with E-state index in [2.05, 4.69) is 0 Å². The monoisotopic (exact) mass is 311 g/mol. The highest BCUT2D eigenvalue weighted by atomic mass is 32.2. The number of rotatable bonds is 4. The molecule has 6 nitrogen and oxygen atoms in total. The van der Waals surface area contributed by atoms with E-state index in [-0.39, 0.29) is 26.7 Å². The first-order valence-electron chi connectivity index (χ1n) is 5.28. The van der Waals surface area contributed by atoms with Crippen LogP contribution in [0, 0.1) is 0 Å². The Morgan fingerprint density at radius 1 is 1.10 bits per heavy atom. The lowest BCUT2D eigenvalue weighted by Crippen LogP contribution is -2.11. The van der Waals surface area contributed by atoms with E-state index in [1.165, 1.54) is 35.7 Å². The van der Waals surface area contributed by atoms with Crippen molar-refractivity contribution in [1.29, 1.82) is 0 Å². The lowest BCUT2D eigenvalue weighted by molar-refractivity contribution is 0.0696. The molecule has 0 saturated heterocycles. The number of nitrogens with two attached hydrogens (primary N) is 1. The third-order valence-corrected chi connectivity index (χ3v) is 4.49. The molecule has 0 unspecified atom stereocenters. The molecule has 104 valence electrons. The summed E-state index contributed by atoms with van der Waals surface area (Å²) in [7, 11) is -3.84. The normalized spacial score (nSPS) is 11.2. The Kier molecular flexibility index (Phi) is 3.71. The van der Waals surface area contributed by atoms with Crippen molar-refractivity contribution in [3.63, 3.8) is 0 Å². The molecule has 1 aromatic heterocycles. The molecule has 0 bridgehead atoms. The number of benzene rings is 1. The molecule has 0 amide bonds. The molecule has 8 heteroatoms. The number of sulfonamides is 1. The first kappa shape index (κ1) is 14.4. The number of ketones is 1. The minimum Gasteiger partial charge on any atom is -0.478 e. The third kappa shape index (κ3) is 2.93. The van der Waals surface area contributed by atoms with Crippen molar-refractivity contribution >= 4 is 33.1 Å². The fraction of sp³-hybridized carbons (Fsp3) is 0. The highest BCUT2D eigenvalue weighted by molar-refractivity contribution is 7.89. The zero-order chi connectivity index (χ0) is 14.9. The molecule has 0 aliphatic heterocycles. The fourth-order valence-corrected chi connectivity index (χ4v) is 3.26. The molecule has 0 fully saturated rings. The first-order chi connectivity index (χ1) is 9.29. The van der Waals surface area contributed by atoms with Crippen LogP contribution in [0.25, 0.3) is 0 Å². The predicted molar refractivity (Wildman–Crippen MR) is 72.5 cm³/mol. The number of carboxylic acids is 1. The minimum absolute atomic E-state index is 0.0676. The number of aromatic carboxylic acids is 1. The van der Waals surface area contributed by atoms with E-state index < -0.39 is 16.0 Å². The van der Waals surface area contributed by atoms with Gasteiger partial charge >= 0.3 is 5.97 Å². The van der Waals surface area contributed by atoms with Gasteiger partial charge in [0.15, 0.2) is 0 Å². The molecule has 2 aromatic rings. The van der Waals surface area contributed by atoms with Gasteiger partial charge in [0.1, 0.15) is 0 Å². The Hall–Kier alpha value is -2.03. The van der Waals surface area contributed by atoms with Gasteiger partial charge in [0, 0.05) is 10.9 Å². The topological polar surface area (TPSA) is 115 Å². The summed E-state index contributed by atoms with van der Waals surface area (Å²) >= 11 is 0.965. The van der Waals surface area contributed by atoms with Crippen molar-refractivity contribution in [2.45, 2.75) is 4.90 Å². The van der Waals surface area contributed by atoms with Gasteiger partial charge in [-0.3, -0.25) is 4.79 Å². The van der Waals surface area contributed by atoms with Crippen LogP contribution in [0.5, 0.6) is 0 Å². The summed E-state index contributed by atoms with van der Waals surface area (Å²) in [5, 5.41) is 15.0. The minimum atomic E-state index is -3.84. The molecule has 1 aromatic carbocycles. The summed E-state index contributed by atoms with van der Waals surface area (Å²) < 4.78 is 22.3. The molecular formula is C12H9NO5S2. The summed E-state index contributed by atoms with van der Waals surface area (Å²) in [6.45, 7) is 0. The van der Waals surface area contributed by atoms with Gasteiger partial charge in [0.25, 0.3) is 0 Å². The average molecular weight is 311 g/mol. The van der Waals surface area contributed by atoms with Crippen molar-refractivity contribution < 1.29 is 23.1 Å². The first-order valence-corrected chi connectivity index (χ1v) is 7.71. The van der Waals surface area contributed by atoms with E-state index in [0.717, 1.165) is 11.3 Å². The van der Waals surface area contributed by atoms with E-state index in [0.29, 0.717) is 0 Å². The van der Waals surface area contributed by atoms with Crippen LogP contribution in [-0.4, -0.2) is 25.3 Å². The van der Waals surface area contributed by atoms with Gasteiger partial charge in [0.2, 0.25) is 15.8 Å². The van der Waals surface area contributed by atoms with Crippen molar-refractivity contribution in [2.75, 3.05) is 0 Å². The van der Waals surface area contributed by atoms with E-state index in [1.54, 1.807) is 0 Å². The Bertz CT molecular complexity index is 774. The molecule has 0 aliphatic rings. The molecule has 2 rings (SSSR count). The predicted octanol–water partition coefficient (Wildman–Crippen LogP) is 1.32. The molecule has 3 N–H and O–H groups in total. The van der Waals surface area contributed by atoms with E-state index in [1.807, 2.05) is 0 Å². The molecule has 0 atom stereocenters. The SMILES string of the molecule is NS(=O)(=O)c1csc(C(=O)c2ccc(C(=O)O)cc2)c1. The molecule has 0 saturated carbocycles. The number of hydrogen-bond acceptors (Lipinski definition) is 5. The third-order valence-electron chi connectivity index (χ3n) is 2.52.